The van der Waals surface area contributed by atoms with E-state index < -0.39 is 0 Å². The predicted octanol–water partition coefficient (Wildman–Crippen LogP) is 2.78. The van der Waals surface area contributed by atoms with Crippen molar-refractivity contribution in [1.29, 1.82) is 0 Å². The molecule has 0 saturated carbocycles. The van der Waals surface area contributed by atoms with E-state index in [1.54, 1.807) is 11.3 Å². The van der Waals surface area contributed by atoms with Crippen LogP contribution in [0.4, 0.5) is 5.95 Å². The van der Waals surface area contributed by atoms with Gasteiger partial charge in [0.2, 0.25) is 11.9 Å². The first-order chi connectivity index (χ1) is 14.2. The molecule has 4 aromatic rings. The van der Waals surface area contributed by atoms with E-state index in [9.17, 15) is 4.79 Å². The van der Waals surface area contributed by atoms with Crippen LogP contribution in [0.15, 0.2) is 36.7 Å². The number of morpholine rings is 1. The minimum Gasteiger partial charge on any atom is -0.370 e. The number of rotatable bonds is 4. The number of hydrogen-bond acceptors (Lipinski definition) is 7. The number of fused-ring (bicyclic) bond motifs is 2. The summed E-state index contributed by atoms with van der Waals surface area (Å²) >= 11 is 1.60. The van der Waals surface area contributed by atoms with Crippen molar-refractivity contribution in [3.05, 3.63) is 47.1 Å². The number of aromatic amines is 1. The molecule has 0 aliphatic carbocycles. The number of anilines is 1. The van der Waals surface area contributed by atoms with Gasteiger partial charge in [-0.3, -0.25) is 9.89 Å². The highest BCUT2D eigenvalue weighted by molar-refractivity contribution is 7.18. The van der Waals surface area contributed by atoms with E-state index in [1.807, 2.05) is 30.6 Å². The van der Waals surface area contributed by atoms with E-state index in [-0.39, 0.29) is 12.0 Å². The Kier molecular flexibility index (Phi) is 4.61. The van der Waals surface area contributed by atoms with Crippen molar-refractivity contribution >= 4 is 44.3 Å². The van der Waals surface area contributed by atoms with Gasteiger partial charge in [0.1, 0.15) is 6.10 Å². The first kappa shape index (κ1) is 18.0. The minimum atomic E-state index is -0.0675. The van der Waals surface area contributed by atoms with Crippen molar-refractivity contribution < 1.29 is 9.53 Å². The Bertz CT molecular complexity index is 1190. The molecule has 0 bridgehead atoms. The molecule has 4 heterocycles. The van der Waals surface area contributed by atoms with Gasteiger partial charge in [-0.25, -0.2) is 9.97 Å². The van der Waals surface area contributed by atoms with Gasteiger partial charge in [0, 0.05) is 23.7 Å². The summed E-state index contributed by atoms with van der Waals surface area (Å²) in [6, 6.07) is 8.13. The SMILES string of the molecule is CC(=O)NCc1cc2nc(N3CCOC(c4cccc5[nH]ncc45)C3)ncc2s1. The lowest BCUT2D eigenvalue weighted by Crippen LogP contribution is -2.39. The topological polar surface area (TPSA) is 96.0 Å². The molecular formula is C20H20N6O2S. The van der Waals surface area contributed by atoms with Crippen molar-refractivity contribution in [1.82, 2.24) is 25.5 Å². The van der Waals surface area contributed by atoms with Gasteiger partial charge in [0.25, 0.3) is 0 Å². The molecule has 1 unspecified atom stereocenters. The highest BCUT2D eigenvalue weighted by Gasteiger charge is 2.25. The fourth-order valence-corrected chi connectivity index (χ4v) is 4.53. The van der Waals surface area contributed by atoms with Crippen molar-refractivity contribution in [2.45, 2.75) is 19.6 Å². The molecule has 3 aromatic heterocycles. The highest BCUT2D eigenvalue weighted by Crippen LogP contribution is 2.30. The molecule has 5 rings (SSSR count). The van der Waals surface area contributed by atoms with Crippen LogP contribution in [-0.4, -0.2) is 45.8 Å². The molecular weight excluding hydrogens is 388 g/mol. The normalized spacial score (nSPS) is 17.1. The maximum atomic E-state index is 11.1. The number of benzene rings is 1. The number of hydrogen-bond donors (Lipinski definition) is 2. The van der Waals surface area contributed by atoms with E-state index in [2.05, 4.69) is 31.5 Å². The Labute approximate surface area is 170 Å². The maximum absolute atomic E-state index is 11.1. The van der Waals surface area contributed by atoms with Crippen molar-refractivity contribution in [2.24, 2.45) is 0 Å². The minimum absolute atomic E-state index is 0.0405. The summed E-state index contributed by atoms with van der Waals surface area (Å²) in [5.74, 6) is 0.662. The number of thiophene rings is 1. The second-order valence-electron chi connectivity index (χ2n) is 7.03. The van der Waals surface area contributed by atoms with Crippen LogP contribution in [0.1, 0.15) is 23.5 Å². The van der Waals surface area contributed by atoms with Gasteiger partial charge >= 0.3 is 0 Å². The number of nitrogens with one attached hydrogen (secondary N) is 2. The summed E-state index contributed by atoms with van der Waals surface area (Å²) in [4.78, 5) is 23.7. The molecule has 1 aromatic carbocycles. The van der Waals surface area contributed by atoms with Gasteiger partial charge in [-0.05, 0) is 17.7 Å². The smallest absolute Gasteiger partial charge is 0.226 e. The molecule has 1 atom stereocenters. The van der Waals surface area contributed by atoms with E-state index >= 15 is 0 Å². The number of aromatic nitrogens is 4. The van der Waals surface area contributed by atoms with Crippen LogP contribution < -0.4 is 10.2 Å². The third kappa shape index (κ3) is 3.54. The van der Waals surface area contributed by atoms with Crippen LogP contribution in [0.2, 0.25) is 0 Å². The fraction of sp³-hybridized carbons (Fsp3) is 0.300. The fourth-order valence-electron chi connectivity index (χ4n) is 3.62. The first-order valence-electron chi connectivity index (χ1n) is 9.46. The number of carbonyl (C=O) groups excluding carboxylic acids is 1. The van der Waals surface area contributed by atoms with E-state index in [0.29, 0.717) is 25.6 Å². The lowest BCUT2D eigenvalue weighted by molar-refractivity contribution is -0.119. The summed E-state index contributed by atoms with van der Waals surface area (Å²) in [7, 11) is 0. The largest absolute Gasteiger partial charge is 0.370 e. The van der Waals surface area contributed by atoms with Crippen molar-refractivity contribution in [2.75, 3.05) is 24.6 Å². The predicted molar refractivity (Wildman–Crippen MR) is 112 cm³/mol. The molecule has 29 heavy (non-hydrogen) atoms. The molecule has 0 radical (unpaired) electrons. The third-order valence-electron chi connectivity index (χ3n) is 5.04. The summed E-state index contributed by atoms with van der Waals surface area (Å²) < 4.78 is 7.08. The van der Waals surface area contributed by atoms with E-state index in [4.69, 9.17) is 9.72 Å². The van der Waals surface area contributed by atoms with Crippen LogP contribution in [-0.2, 0) is 16.1 Å². The van der Waals surface area contributed by atoms with Gasteiger partial charge < -0.3 is 15.0 Å². The average molecular weight is 408 g/mol. The molecule has 1 saturated heterocycles. The average Bonchev–Trinajstić information content (AvgIpc) is 3.38. The number of ether oxygens (including phenoxy) is 1. The van der Waals surface area contributed by atoms with Gasteiger partial charge in [0.05, 0.1) is 47.8 Å². The zero-order valence-electron chi connectivity index (χ0n) is 15.9. The lowest BCUT2D eigenvalue weighted by Gasteiger charge is -2.33. The second-order valence-corrected chi connectivity index (χ2v) is 8.19. The monoisotopic (exact) mass is 408 g/mol. The molecule has 148 valence electrons. The molecule has 1 amide bonds. The van der Waals surface area contributed by atoms with Gasteiger partial charge in [-0.1, -0.05) is 12.1 Å². The van der Waals surface area contributed by atoms with Crippen LogP contribution in [0.5, 0.6) is 0 Å². The van der Waals surface area contributed by atoms with Gasteiger partial charge in [0.15, 0.2) is 0 Å². The quantitative estimate of drug-likeness (QED) is 0.539. The molecule has 1 fully saturated rings. The molecule has 8 nitrogen and oxygen atoms in total. The Hall–Kier alpha value is -3.04. The first-order valence-corrected chi connectivity index (χ1v) is 10.3. The van der Waals surface area contributed by atoms with Crippen LogP contribution in [0.3, 0.4) is 0 Å². The van der Waals surface area contributed by atoms with Gasteiger partial charge in [-0.15, -0.1) is 11.3 Å². The zero-order chi connectivity index (χ0) is 19.8. The Morgan fingerprint density at radius 2 is 2.34 bits per heavy atom. The second kappa shape index (κ2) is 7.41. The summed E-state index contributed by atoms with van der Waals surface area (Å²) in [5.41, 5.74) is 3.03. The van der Waals surface area contributed by atoms with Crippen molar-refractivity contribution in [3.8, 4) is 0 Å². The Balaban J connectivity index is 1.39. The molecule has 0 spiro atoms. The molecule has 1 aliphatic rings. The third-order valence-corrected chi connectivity index (χ3v) is 6.09. The highest BCUT2D eigenvalue weighted by atomic mass is 32.1. The number of nitrogens with zero attached hydrogens (tertiary/aromatic N) is 4. The summed E-state index contributed by atoms with van der Waals surface area (Å²) in [5, 5.41) is 11.1. The molecule has 9 heteroatoms. The standard InChI is InChI=1S/C20H20N6O2S/c1-12(27)21-8-13-7-17-19(29-13)10-22-20(24-17)26-5-6-28-18(11-26)14-3-2-4-16-15(14)9-23-25-16/h2-4,7,9-10,18H,5-6,8,11H2,1H3,(H,21,27)(H,23,25). The number of amides is 1. The Morgan fingerprint density at radius 3 is 3.24 bits per heavy atom. The summed E-state index contributed by atoms with van der Waals surface area (Å²) in [6.45, 7) is 4.06. The Morgan fingerprint density at radius 1 is 1.41 bits per heavy atom. The van der Waals surface area contributed by atoms with E-state index in [1.165, 1.54) is 6.92 Å². The van der Waals surface area contributed by atoms with Crippen LogP contribution in [0, 0.1) is 0 Å². The molecule has 2 N–H and O–H groups in total. The van der Waals surface area contributed by atoms with Crippen LogP contribution >= 0.6 is 11.3 Å². The number of H-pyrrole nitrogens is 1. The zero-order valence-corrected chi connectivity index (χ0v) is 16.7. The summed E-state index contributed by atoms with van der Waals surface area (Å²) in [6.07, 6.45) is 3.64. The van der Waals surface area contributed by atoms with E-state index in [0.717, 1.165) is 38.1 Å². The number of carbonyl (C=O) groups is 1. The van der Waals surface area contributed by atoms with Gasteiger partial charge in [-0.2, -0.15) is 5.10 Å². The van der Waals surface area contributed by atoms with Crippen LogP contribution in [0.25, 0.3) is 21.1 Å². The lowest BCUT2D eigenvalue weighted by atomic mass is 10.0. The maximum Gasteiger partial charge on any atom is 0.226 e. The van der Waals surface area contributed by atoms with Crippen molar-refractivity contribution in [3.63, 3.8) is 0 Å². The molecule has 1 aliphatic heterocycles.